The molecule has 2 amide bonds. The highest BCUT2D eigenvalue weighted by Gasteiger charge is 2.35. The van der Waals surface area contributed by atoms with Crippen molar-refractivity contribution in [2.45, 2.75) is 18.5 Å². The number of rotatable bonds is 5. The molecule has 2 aromatic carbocycles. The number of carbonyl (C=O) groups excluding carboxylic acids is 2. The van der Waals surface area contributed by atoms with Crippen LogP contribution < -0.4 is 21.5 Å². The average Bonchev–Trinajstić information content (AvgIpc) is 2.78. The van der Waals surface area contributed by atoms with E-state index in [9.17, 15) is 37.7 Å². The molecule has 0 spiro atoms. The minimum absolute atomic E-state index is 0.0317. The Labute approximate surface area is 193 Å². The van der Waals surface area contributed by atoms with Crippen LogP contribution in [0, 0.1) is 10.1 Å². The Morgan fingerprint density at radius 3 is 2.60 bits per heavy atom. The van der Waals surface area contributed by atoms with Crippen LogP contribution >= 0.6 is 0 Å². The standard InChI is InChI=1S/C21H15F3N6O5/c22-21(23,24)10-4-3-5-11(8-10)25-20-28-17-16(19(33)29-20)12(9-15(31)27-17)18(32)26-13-6-1-2-7-14(13)30(34)35/h1-8,12H,9H2,(H,26,32)(H3,25,27,28,29,31,33). The molecule has 35 heavy (non-hydrogen) atoms. The summed E-state index contributed by atoms with van der Waals surface area (Å²) in [7, 11) is 0. The third kappa shape index (κ3) is 4.95. The van der Waals surface area contributed by atoms with Crippen molar-refractivity contribution in [3.8, 4) is 0 Å². The van der Waals surface area contributed by atoms with E-state index < -0.39 is 46.4 Å². The molecule has 1 aliphatic rings. The van der Waals surface area contributed by atoms with Crippen molar-refractivity contribution in [2.75, 3.05) is 16.0 Å². The zero-order chi connectivity index (χ0) is 25.3. The van der Waals surface area contributed by atoms with Crippen LogP contribution in [0.3, 0.4) is 0 Å². The van der Waals surface area contributed by atoms with Gasteiger partial charge >= 0.3 is 6.18 Å². The van der Waals surface area contributed by atoms with E-state index in [1.807, 2.05) is 0 Å². The van der Waals surface area contributed by atoms with Crippen molar-refractivity contribution >= 4 is 40.6 Å². The first kappa shape index (κ1) is 23.4. The molecule has 1 atom stereocenters. The van der Waals surface area contributed by atoms with Gasteiger partial charge in [-0.05, 0) is 24.3 Å². The number of H-pyrrole nitrogens is 1. The van der Waals surface area contributed by atoms with Gasteiger partial charge in [-0.3, -0.25) is 29.5 Å². The predicted octanol–water partition coefficient (Wildman–Crippen LogP) is 3.51. The lowest BCUT2D eigenvalue weighted by Gasteiger charge is -2.23. The molecule has 0 saturated heterocycles. The third-order valence-electron chi connectivity index (χ3n) is 5.08. The number of nitro benzene ring substituents is 1. The minimum atomic E-state index is -4.59. The number of hydrogen-bond acceptors (Lipinski definition) is 7. The molecular weight excluding hydrogens is 473 g/mol. The fraction of sp³-hybridized carbons (Fsp3) is 0.143. The summed E-state index contributed by atoms with van der Waals surface area (Å²) in [5.74, 6) is -3.35. The van der Waals surface area contributed by atoms with Gasteiger partial charge in [0.25, 0.3) is 11.2 Å². The highest BCUT2D eigenvalue weighted by atomic mass is 19.4. The predicted molar refractivity (Wildman–Crippen MR) is 117 cm³/mol. The summed E-state index contributed by atoms with van der Waals surface area (Å²) in [4.78, 5) is 54.8. The minimum Gasteiger partial charge on any atom is -0.326 e. The maximum absolute atomic E-state index is 13.0. The number of amides is 2. The summed E-state index contributed by atoms with van der Waals surface area (Å²) in [6.45, 7) is 0. The molecule has 0 bridgehead atoms. The molecule has 2 heterocycles. The van der Waals surface area contributed by atoms with Gasteiger partial charge in [-0.25, -0.2) is 0 Å². The monoisotopic (exact) mass is 488 g/mol. The fourth-order valence-corrected chi connectivity index (χ4v) is 3.52. The average molecular weight is 488 g/mol. The number of fused-ring (bicyclic) bond motifs is 1. The van der Waals surface area contributed by atoms with Crippen LogP contribution in [0.1, 0.15) is 23.5 Å². The normalized spacial score (nSPS) is 15.1. The van der Waals surface area contributed by atoms with Crippen molar-refractivity contribution in [1.82, 2.24) is 9.97 Å². The molecule has 180 valence electrons. The summed E-state index contributed by atoms with van der Waals surface area (Å²) < 4.78 is 38.9. The molecule has 4 rings (SSSR count). The van der Waals surface area contributed by atoms with Crippen LogP contribution in [0.4, 0.5) is 42.0 Å². The summed E-state index contributed by atoms with van der Waals surface area (Å²) in [5.41, 5.74) is -2.49. The van der Waals surface area contributed by atoms with Gasteiger partial charge in [0.05, 0.1) is 22.0 Å². The lowest BCUT2D eigenvalue weighted by Crippen LogP contribution is -2.36. The van der Waals surface area contributed by atoms with E-state index in [0.717, 1.165) is 18.2 Å². The van der Waals surface area contributed by atoms with Gasteiger partial charge in [0.15, 0.2) is 0 Å². The van der Waals surface area contributed by atoms with Crippen LogP contribution in [0.25, 0.3) is 0 Å². The smallest absolute Gasteiger partial charge is 0.326 e. The Morgan fingerprint density at radius 2 is 1.89 bits per heavy atom. The summed E-state index contributed by atoms with van der Waals surface area (Å²) in [6.07, 6.45) is -5.01. The fourth-order valence-electron chi connectivity index (χ4n) is 3.52. The molecule has 1 aromatic heterocycles. The largest absolute Gasteiger partial charge is 0.416 e. The van der Waals surface area contributed by atoms with Gasteiger partial charge in [-0.2, -0.15) is 18.2 Å². The number of para-hydroxylation sites is 2. The molecule has 4 N–H and O–H groups in total. The molecule has 14 heteroatoms. The zero-order valence-electron chi connectivity index (χ0n) is 17.5. The Hall–Kier alpha value is -4.75. The summed E-state index contributed by atoms with van der Waals surface area (Å²) in [6, 6.07) is 9.50. The number of hydrogen-bond donors (Lipinski definition) is 4. The van der Waals surface area contributed by atoms with Crippen LogP contribution in [0.2, 0.25) is 0 Å². The number of carbonyl (C=O) groups is 2. The molecule has 0 saturated carbocycles. The SMILES string of the molecule is O=C1CC(C(=O)Nc2ccccc2[N+](=O)[O-])c2c(nc(Nc3cccc(C(F)(F)F)c3)[nH]c2=O)N1. The number of aromatic nitrogens is 2. The molecule has 3 aromatic rings. The van der Waals surface area contributed by atoms with E-state index in [1.165, 1.54) is 30.3 Å². The van der Waals surface area contributed by atoms with Crippen molar-refractivity contribution in [3.63, 3.8) is 0 Å². The quantitative estimate of drug-likeness (QED) is 0.316. The van der Waals surface area contributed by atoms with E-state index in [1.54, 1.807) is 0 Å². The summed E-state index contributed by atoms with van der Waals surface area (Å²) >= 11 is 0. The maximum Gasteiger partial charge on any atom is 0.416 e. The lowest BCUT2D eigenvalue weighted by molar-refractivity contribution is -0.383. The molecular formula is C21H15F3N6O5. The van der Waals surface area contributed by atoms with Crippen molar-refractivity contribution in [1.29, 1.82) is 0 Å². The molecule has 11 nitrogen and oxygen atoms in total. The molecule has 0 radical (unpaired) electrons. The topological polar surface area (TPSA) is 159 Å². The number of nitrogens with zero attached hydrogens (tertiary/aromatic N) is 2. The van der Waals surface area contributed by atoms with E-state index in [0.29, 0.717) is 0 Å². The highest BCUT2D eigenvalue weighted by molar-refractivity contribution is 6.05. The van der Waals surface area contributed by atoms with Gasteiger partial charge in [-0.15, -0.1) is 0 Å². The number of aromatic amines is 1. The highest BCUT2D eigenvalue weighted by Crippen LogP contribution is 2.33. The summed E-state index contributed by atoms with van der Waals surface area (Å²) in [5, 5.41) is 18.5. The number of benzene rings is 2. The van der Waals surface area contributed by atoms with Crippen LogP contribution in [-0.4, -0.2) is 26.7 Å². The Kier molecular flexibility index (Phi) is 5.94. The number of nitrogens with one attached hydrogen (secondary N) is 4. The number of alkyl halides is 3. The number of halogens is 3. The zero-order valence-corrected chi connectivity index (χ0v) is 17.5. The van der Waals surface area contributed by atoms with Crippen LogP contribution in [0.5, 0.6) is 0 Å². The van der Waals surface area contributed by atoms with Gasteiger partial charge < -0.3 is 16.0 Å². The van der Waals surface area contributed by atoms with E-state index in [2.05, 4.69) is 25.9 Å². The molecule has 0 fully saturated rings. The van der Waals surface area contributed by atoms with E-state index in [-0.39, 0.29) is 34.4 Å². The van der Waals surface area contributed by atoms with E-state index >= 15 is 0 Å². The molecule has 1 unspecified atom stereocenters. The first-order chi connectivity index (χ1) is 16.5. The third-order valence-corrected chi connectivity index (χ3v) is 5.08. The van der Waals surface area contributed by atoms with Gasteiger partial charge in [0, 0.05) is 18.2 Å². The van der Waals surface area contributed by atoms with E-state index in [4.69, 9.17) is 0 Å². The van der Waals surface area contributed by atoms with Crippen molar-refractivity contribution in [3.05, 3.63) is 80.1 Å². The van der Waals surface area contributed by atoms with Gasteiger partial charge in [-0.1, -0.05) is 18.2 Å². The van der Waals surface area contributed by atoms with Crippen LogP contribution in [-0.2, 0) is 15.8 Å². The van der Waals surface area contributed by atoms with Crippen molar-refractivity contribution < 1.29 is 27.7 Å². The second-order valence-electron chi connectivity index (χ2n) is 7.45. The first-order valence-electron chi connectivity index (χ1n) is 9.95. The van der Waals surface area contributed by atoms with Crippen LogP contribution in [0.15, 0.2) is 53.3 Å². The van der Waals surface area contributed by atoms with Gasteiger partial charge in [0.2, 0.25) is 17.8 Å². The second-order valence-corrected chi connectivity index (χ2v) is 7.45. The Morgan fingerprint density at radius 1 is 1.14 bits per heavy atom. The van der Waals surface area contributed by atoms with Crippen molar-refractivity contribution in [2.24, 2.45) is 0 Å². The molecule has 0 aliphatic carbocycles. The number of anilines is 4. The maximum atomic E-state index is 13.0. The Balaban J connectivity index is 1.64. The lowest BCUT2D eigenvalue weighted by atomic mass is 9.92. The second kappa shape index (κ2) is 8.89. The Bertz CT molecular complexity index is 1400. The first-order valence-corrected chi connectivity index (χ1v) is 9.95. The molecule has 1 aliphatic heterocycles. The number of nitro groups is 1. The van der Waals surface area contributed by atoms with Gasteiger partial charge in [0.1, 0.15) is 11.5 Å².